The Morgan fingerprint density at radius 1 is 0.271 bits per heavy atom. The highest BCUT2D eigenvalue weighted by Gasteiger charge is 2.13. The van der Waals surface area contributed by atoms with Crippen molar-refractivity contribution in [2.24, 2.45) is 0 Å². The van der Waals surface area contributed by atoms with Crippen molar-refractivity contribution in [3.63, 3.8) is 0 Å². The molecule has 0 aliphatic rings. The van der Waals surface area contributed by atoms with E-state index in [0.717, 1.165) is 0 Å². The van der Waals surface area contributed by atoms with E-state index < -0.39 is 0 Å². The molecule has 0 amide bonds. The van der Waals surface area contributed by atoms with Crippen molar-refractivity contribution >= 4 is 43.1 Å². The molecule has 0 saturated heterocycles. The monoisotopic (exact) mass is 643 g/mol. The number of fused-ring (bicyclic) bond motifs is 7. The van der Waals surface area contributed by atoms with E-state index in [4.69, 9.17) is 0 Å². The zero-order chi connectivity index (χ0) is 33.2. The van der Waals surface area contributed by atoms with Crippen LogP contribution in [0.2, 0.25) is 0 Å². The third-order valence-electron chi connectivity index (χ3n) is 11.2. The molecular formula is C48H66. The van der Waals surface area contributed by atoms with Gasteiger partial charge in [-0.15, -0.1) is 0 Å². The zero-order valence-electron chi connectivity index (χ0n) is 30.9. The molecule has 0 spiro atoms. The van der Waals surface area contributed by atoms with Gasteiger partial charge in [0.05, 0.1) is 0 Å². The first-order chi connectivity index (χ1) is 23.8. The first-order valence-corrected chi connectivity index (χ1v) is 20.6. The summed E-state index contributed by atoms with van der Waals surface area (Å²) < 4.78 is 0. The smallest absolute Gasteiger partial charge is 0.00959 e. The maximum atomic E-state index is 2.58. The molecular weight excluding hydrogens is 577 g/mol. The second-order valence-electron chi connectivity index (χ2n) is 15.0. The fourth-order valence-electron chi connectivity index (χ4n) is 8.29. The highest BCUT2D eigenvalue weighted by atomic mass is 14.2. The molecule has 0 bridgehead atoms. The summed E-state index contributed by atoms with van der Waals surface area (Å²) >= 11 is 0. The minimum absolute atomic E-state index is 1.18. The van der Waals surface area contributed by atoms with Gasteiger partial charge in [-0.05, 0) is 92.0 Å². The summed E-state index contributed by atoms with van der Waals surface area (Å²) in [6.07, 6.45) is 33.1. The Balaban J connectivity index is 1.26. The number of rotatable bonds is 24. The summed E-state index contributed by atoms with van der Waals surface area (Å²) in [5, 5.41) is 11.5. The fourth-order valence-corrected chi connectivity index (χ4v) is 8.29. The second kappa shape index (κ2) is 20.6. The zero-order valence-corrected chi connectivity index (χ0v) is 30.9. The lowest BCUT2D eigenvalue weighted by Gasteiger charge is -2.16. The van der Waals surface area contributed by atoms with Gasteiger partial charge in [-0.25, -0.2) is 0 Å². The Morgan fingerprint density at radius 2 is 0.542 bits per heavy atom. The SMILES string of the molecule is CCCCCCCCCCCCCc1cc2c(ccc3c4ccccc4c(CCCCCCCCCCCCC)cc32)c2ccccc12. The van der Waals surface area contributed by atoms with E-state index in [0.29, 0.717) is 0 Å². The van der Waals surface area contributed by atoms with Crippen LogP contribution >= 0.6 is 0 Å². The molecule has 0 saturated carbocycles. The van der Waals surface area contributed by atoms with Crippen LogP contribution in [0.1, 0.15) is 166 Å². The molecule has 5 aromatic rings. The number of hydrogen-bond acceptors (Lipinski definition) is 0. The van der Waals surface area contributed by atoms with Crippen LogP contribution < -0.4 is 0 Å². The lowest BCUT2D eigenvalue weighted by molar-refractivity contribution is 0.550. The van der Waals surface area contributed by atoms with Gasteiger partial charge in [-0.1, -0.05) is 203 Å². The predicted octanol–water partition coefficient (Wildman–Crippen LogP) is 16.0. The largest absolute Gasteiger partial charge is 0.0654 e. The molecule has 258 valence electrons. The van der Waals surface area contributed by atoms with E-state index in [1.165, 1.54) is 197 Å². The van der Waals surface area contributed by atoms with Crippen LogP contribution in [0.25, 0.3) is 43.1 Å². The standard InChI is InChI=1S/C48H66/c1-3-5-7-9-11-13-15-17-19-21-23-29-39-37-47-45(43-33-27-25-31-41(39)43)35-36-46-44-34-28-26-32-42(44)40(38-48(46)47)30-24-22-20-18-16-14-12-10-8-6-4-2/h25-28,31-38H,3-24,29-30H2,1-2H3. The van der Waals surface area contributed by atoms with Crippen LogP contribution in [0.5, 0.6) is 0 Å². The number of benzene rings is 5. The van der Waals surface area contributed by atoms with Crippen molar-refractivity contribution in [1.29, 1.82) is 0 Å². The Morgan fingerprint density at radius 3 is 0.875 bits per heavy atom. The average molecular weight is 643 g/mol. The summed E-state index contributed by atoms with van der Waals surface area (Å²) in [6, 6.07) is 28.4. The quantitative estimate of drug-likeness (QED) is 0.0464. The Labute approximate surface area is 294 Å². The van der Waals surface area contributed by atoms with Crippen LogP contribution in [0, 0.1) is 0 Å². The Hall–Kier alpha value is -2.86. The van der Waals surface area contributed by atoms with Gasteiger partial charge < -0.3 is 0 Å². The van der Waals surface area contributed by atoms with Gasteiger partial charge in [0.1, 0.15) is 0 Å². The van der Waals surface area contributed by atoms with Crippen molar-refractivity contribution in [3.05, 3.63) is 83.9 Å². The van der Waals surface area contributed by atoms with Crippen molar-refractivity contribution in [3.8, 4) is 0 Å². The summed E-state index contributed by atoms with van der Waals surface area (Å²) in [5.74, 6) is 0. The van der Waals surface area contributed by atoms with E-state index in [2.05, 4.69) is 86.6 Å². The van der Waals surface area contributed by atoms with Crippen molar-refractivity contribution < 1.29 is 0 Å². The molecule has 48 heavy (non-hydrogen) atoms. The molecule has 0 radical (unpaired) electrons. The lowest BCUT2D eigenvalue weighted by Crippen LogP contribution is -1.93. The van der Waals surface area contributed by atoms with Gasteiger partial charge in [0.15, 0.2) is 0 Å². The number of hydrogen-bond donors (Lipinski definition) is 0. The first kappa shape index (κ1) is 36.4. The number of unbranched alkanes of at least 4 members (excludes halogenated alkanes) is 20. The summed E-state index contributed by atoms with van der Waals surface area (Å²) in [5.41, 5.74) is 3.09. The van der Waals surface area contributed by atoms with Crippen molar-refractivity contribution in [2.75, 3.05) is 0 Å². The van der Waals surface area contributed by atoms with Gasteiger partial charge in [0.25, 0.3) is 0 Å². The number of aryl methyl sites for hydroxylation is 2. The molecule has 0 aromatic heterocycles. The minimum Gasteiger partial charge on any atom is -0.0654 e. The van der Waals surface area contributed by atoms with Gasteiger partial charge in [0.2, 0.25) is 0 Å². The summed E-state index contributed by atoms with van der Waals surface area (Å²) in [4.78, 5) is 0. The molecule has 0 unspecified atom stereocenters. The molecule has 5 rings (SSSR count). The fraction of sp³-hybridized carbons (Fsp3) is 0.542. The molecule has 0 heteroatoms. The molecule has 0 heterocycles. The minimum atomic E-state index is 1.18. The topological polar surface area (TPSA) is 0 Å². The van der Waals surface area contributed by atoms with Gasteiger partial charge >= 0.3 is 0 Å². The molecule has 0 aliphatic heterocycles. The highest BCUT2D eigenvalue weighted by molar-refractivity contribution is 6.23. The predicted molar refractivity (Wildman–Crippen MR) is 217 cm³/mol. The average Bonchev–Trinajstić information content (AvgIpc) is 3.12. The molecule has 0 aliphatic carbocycles. The molecule has 0 atom stereocenters. The van der Waals surface area contributed by atoms with Crippen LogP contribution in [-0.4, -0.2) is 0 Å². The van der Waals surface area contributed by atoms with E-state index in [-0.39, 0.29) is 0 Å². The summed E-state index contributed by atoms with van der Waals surface area (Å²) in [6.45, 7) is 4.61. The van der Waals surface area contributed by atoms with Gasteiger partial charge in [0, 0.05) is 0 Å². The normalized spacial score (nSPS) is 11.9. The maximum Gasteiger partial charge on any atom is -0.00959 e. The van der Waals surface area contributed by atoms with Crippen LogP contribution in [0.3, 0.4) is 0 Å². The van der Waals surface area contributed by atoms with Crippen LogP contribution in [0.15, 0.2) is 72.8 Å². The third kappa shape index (κ3) is 10.3. The highest BCUT2D eigenvalue weighted by Crippen LogP contribution is 2.38. The van der Waals surface area contributed by atoms with Crippen LogP contribution in [-0.2, 0) is 12.8 Å². The second-order valence-corrected chi connectivity index (χ2v) is 15.0. The Bertz CT molecular complexity index is 1530. The van der Waals surface area contributed by atoms with Crippen LogP contribution in [0.4, 0.5) is 0 Å². The van der Waals surface area contributed by atoms with Gasteiger partial charge in [-0.2, -0.15) is 0 Å². The van der Waals surface area contributed by atoms with E-state index in [1.54, 1.807) is 11.1 Å². The lowest BCUT2D eigenvalue weighted by atomic mass is 9.88. The molecule has 5 aromatic carbocycles. The van der Waals surface area contributed by atoms with Gasteiger partial charge in [-0.3, -0.25) is 0 Å². The summed E-state index contributed by atoms with van der Waals surface area (Å²) in [7, 11) is 0. The third-order valence-corrected chi connectivity index (χ3v) is 11.2. The van der Waals surface area contributed by atoms with E-state index in [1.807, 2.05) is 0 Å². The molecule has 0 fully saturated rings. The first-order valence-electron chi connectivity index (χ1n) is 20.6. The van der Waals surface area contributed by atoms with E-state index >= 15 is 0 Å². The van der Waals surface area contributed by atoms with Crippen molar-refractivity contribution in [2.45, 2.75) is 168 Å². The van der Waals surface area contributed by atoms with E-state index in [9.17, 15) is 0 Å². The molecule has 0 nitrogen and oxygen atoms in total. The maximum absolute atomic E-state index is 2.58. The molecule has 0 N–H and O–H groups in total. The van der Waals surface area contributed by atoms with Crippen molar-refractivity contribution in [1.82, 2.24) is 0 Å². The Kier molecular flexibility index (Phi) is 15.6.